The predicted octanol–water partition coefficient (Wildman–Crippen LogP) is 5.67. The normalized spacial score (nSPS) is 16.8. The Morgan fingerprint density at radius 2 is 0.697 bits per heavy atom. The van der Waals surface area contributed by atoms with Crippen LogP contribution in [0, 0.1) is 0 Å². The van der Waals surface area contributed by atoms with Gasteiger partial charge in [-0.3, -0.25) is 0 Å². The van der Waals surface area contributed by atoms with Crippen molar-refractivity contribution in [3.05, 3.63) is 0 Å². The van der Waals surface area contributed by atoms with Gasteiger partial charge in [0.1, 0.15) is 0 Å². The number of sulfonamides is 1. The van der Waals surface area contributed by atoms with Gasteiger partial charge >= 0.3 is 47.0 Å². The molecule has 0 aromatic carbocycles. The topological polar surface area (TPSA) is 46.2 Å². The fourth-order valence-electron chi connectivity index (χ4n) is 1.79. The van der Waals surface area contributed by atoms with Gasteiger partial charge in [-0.15, -0.1) is 0 Å². The Labute approximate surface area is 172 Å². The average Bonchev–Trinajstić information content (AvgIpc) is 2.49. The van der Waals surface area contributed by atoms with Gasteiger partial charge in [-0.1, -0.05) is 0 Å². The summed E-state index contributed by atoms with van der Waals surface area (Å²) in [6.45, 7) is 1.75. The third-order valence-corrected chi connectivity index (χ3v) is 5.28. The zero-order valence-corrected chi connectivity index (χ0v) is 16.5. The van der Waals surface area contributed by atoms with Crippen molar-refractivity contribution < 1.29 is 83.1 Å². The maximum absolute atomic E-state index is 13.7. The molecule has 0 rings (SSSR count). The van der Waals surface area contributed by atoms with Crippen molar-refractivity contribution in [1.29, 1.82) is 0 Å². The largest absolute Gasteiger partial charge is 0.460 e. The first-order chi connectivity index (χ1) is 13.7. The van der Waals surface area contributed by atoms with Crippen LogP contribution in [-0.4, -0.2) is 60.9 Å². The van der Waals surface area contributed by atoms with Gasteiger partial charge < -0.3 is 0 Å². The summed E-state index contributed by atoms with van der Waals surface area (Å²) < 4.78 is 245. The van der Waals surface area contributed by atoms with Crippen LogP contribution in [0.4, 0.5) is 74.6 Å². The summed E-state index contributed by atoms with van der Waals surface area (Å²) >= 11 is 0. The van der Waals surface area contributed by atoms with E-state index in [1.807, 2.05) is 0 Å². The Bertz CT molecular complexity index is 837. The Hall–Kier alpha value is -1.28. The SMILES string of the molecule is CC(C)(C)NS(=O)(=O)C(F)(F)C(F)(F)C(F)(F)C(F)(F)C(F)(F)C(F)(F)C(F)(F)C(F)(F)F. The van der Waals surface area contributed by atoms with Crippen LogP contribution in [0.15, 0.2) is 0 Å². The van der Waals surface area contributed by atoms with Crippen LogP contribution in [0.25, 0.3) is 0 Å². The molecule has 0 atom stereocenters. The fourth-order valence-corrected chi connectivity index (χ4v) is 3.19. The fraction of sp³-hybridized carbons (Fsp3) is 1.00. The molecular formula is C12H10F17NO2S. The van der Waals surface area contributed by atoms with E-state index in [1.54, 1.807) is 0 Å². The Morgan fingerprint density at radius 3 is 0.939 bits per heavy atom. The molecule has 0 aromatic rings. The van der Waals surface area contributed by atoms with Gasteiger partial charge in [0.25, 0.3) is 10.0 Å². The van der Waals surface area contributed by atoms with E-state index in [1.165, 1.54) is 0 Å². The van der Waals surface area contributed by atoms with Crippen molar-refractivity contribution in [2.45, 2.75) is 73.3 Å². The van der Waals surface area contributed by atoms with Crippen LogP contribution in [0.5, 0.6) is 0 Å². The lowest BCUT2D eigenvalue weighted by molar-refractivity contribution is -0.458. The van der Waals surface area contributed by atoms with E-state index in [9.17, 15) is 83.1 Å². The van der Waals surface area contributed by atoms with E-state index in [0.29, 0.717) is 25.5 Å². The minimum atomic E-state index is -8.83. The molecule has 0 saturated heterocycles. The molecule has 0 heterocycles. The standard InChI is InChI=1S/C12H10F17NO2S/c1-4(2,3)30-33(31,32)12(28,29)10(23,24)8(19,20)6(15,16)5(13,14)7(17,18)9(21,22)11(25,26)27/h30H,1-3H3. The Balaban J connectivity index is 6.96. The second-order valence-electron chi connectivity index (χ2n) is 7.32. The monoisotopic (exact) mass is 555 g/mol. The van der Waals surface area contributed by atoms with Crippen LogP contribution in [0.2, 0.25) is 0 Å². The van der Waals surface area contributed by atoms with Gasteiger partial charge in [0, 0.05) is 5.54 Å². The maximum atomic E-state index is 13.7. The van der Waals surface area contributed by atoms with Crippen molar-refractivity contribution >= 4 is 10.0 Å². The maximum Gasteiger partial charge on any atom is 0.460 e. The van der Waals surface area contributed by atoms with Crippen LogP contribution >= 0.6 is 0 Å². The molecule has 0 fully saturated rings. The van der Waals surface area contributed by atoms with Crippen LogP contribution in [0.3, 0.4) is 0 Å². The minimum absolute atomic E-state index is 0.538. The minimum Gasteiger partial charge on any atom is -0.206 e. The number of rotatable bonds is 8. The molecule has 200 valence electrons. The van der Waals surface area contributed by atoms with E-state index >= 15 is 0 Å². The second kappa shape index (κ2) is 7.61. The molecule has 0 aliphatic carbocycles. The van der Waals surface area contributed by atoms with Gasteiger partial charge in [-0.2, -0.15) is 74.6 Å². The van der Waals surface area contributed by atoms with Crippen molar-refractivity contribution in [1.82, 2.24) is 4.72 Å². The Kier molecular flexibility index (Phi) is 7.31. The molecule has 0 spiro atoms. The first-order valence-corrected chi connectivity index (χ1v) is 8.94. The lowest BCUT2D eigenvalue weighted by Crippen LogP contribution is -2.75. The molecule has 0 amide bonds. The predicted molar refractivity (Wildman–Crippen MR) is 72.5 cm³/mol. The molecule has 0 saturated carbocycles. The van der Waals surface area contributed by atoms with Gasteiger partial charge in [-0.25, -0.2) is 13.1 Å². The molecule has 1 N–H and O–H groups in total. The lowest BCUT2D eigenvalue weighted by atomic mass is 9.91. The highest BCUT2D eigenvalue weighted by Crippen LogP contribution is 2.64. The number of hydrogen-bond donors (Lipinski definition) is 1. The molecular weight excluding hydrogens is 545 g/mol. The smallest absolute Gasteiger partial charge is 0.206 e. The summed E-state index contributed by atoms with van der Waals surface area (Å²) in [7, 11) is -7.26. The van der Waals surface area contributed by atoms with Gasteiger partial charge in [0.15, 0.2) is 0 Å². The summed E-state index contributed by atoms with van der Waals surface area (Å²) in [5, 5.41) is -7.54. The molecule has 33 heavy (non-hydrogen) atoms. The zero-order chi connectivity index (χ0) is 27.7. The van der Waals surface area contributed by atoms with E-state index in [0.717, 1.165) is 0 Å². The highest BCUT2D eigenvalue weighted by Gasteiger charge is 2.96. The van der Waals surface area contributed by atoms with Crippen molar-refractivity contribution in [3.63, 3.8) is 0 Å². The first kappa shape index (κ1) is 31.7. The molecule has 21 heteroatoms. The van der Waals surface area contributed by atoms with Crippen LogP contribution in [0.1, 0.15) is 20.8 Å². The van der Waals surface area contributed by atoms with E-state index in [2.05, 4.69) is 0 Å². The zero-order valence-electron chi connectivity index (χ0n) is 15.7. The molecule has 0 aliphatic heterocycles. The summed E-state index contributed by atoms with van der Waals surface area (Å²) in [5.74, 6) is -51.6. The summed E-state index contributed by atoms with van der Waals surface area (Å²) in [4.78, 5) is 0. The van der Waals surface area contributed by atoms with Gasteiger partial charge in [0.05, 0.1) is 0 Å². The van der Waals surface area contributed by atoms with Gasteiger partial charge in [0.2, 0.25) is 0 Å². The summed E-state index contributed by atoms with van der Waals surface area (Å²) in [6.07, 6.45) is -7.86. The highest BCUT2D eigenvalue weighted by molar-refractivity contribution is 7.90. The molecule has 3 nitrogen and oxygen atoms in total. The number of hydrogen-bond acceptors (Lipinski definition) is 2. The number of halogens is 17. The summed E-state index contributed by atoms with van der Waals surface area (Å²) in [6, 6.07) is 0. The molecule has 0 unspecified atom stereocenters. The van der Waals surface area contributed by atoms with Crippen molar-refractivity contribution in [2.75, 3.05) is 0 Å². The molecule has 0 aliphatic rings. The Morgan fingerprint density at radius 1 is 0.455 bits per heavy atom. The molecule has 0 bridgehead atoms. The molecule has 0 radical (unpaired) electrons. The van der Waals surface area contributed by atoms with E-state index in [4.69, 9.17) is 0 Å². The van der Waals surface area contributed by atoms with Crippen molar-refractivity contribution in [3.8, 4) is 0 Å². The van der Waals surface area contributed by atoms with Gasteiger partial charge in [-0.05, 0) is 20.8 Å². The van der Waals surface area contributed by atoms with E-state index in [-0.39, 0.29) is 0 Å². The summed E-state index contributed by atoms with van der Waals surface area (Å²) in [5.41, 5.74) is -2.26. The van der Waals surface area contributed by atoms with Crippen LogP contribution < -0.4 is 4.72 Å². The van der Waals surface area contributed by atoms with E-state index < -0.39 is 62.5 Å². The highest BCUT2D eigenvalue weighted by atomic mass is 32.2. The second-order valence-corrected chi connectivity index (χ2v) is 9.04. The number of alkyl halides is 17. The van der Waals surface area contributed by atoms with Crippen LogP contribution in [-0.2, 0) is 10.0 Å². The average molecular weight is 555 g/mol. The number of nitrogens with one attached hydrogen (secondary N) is 1. The quantitative estimate of drug-likeness (QED) is 0.393. The first-order valence-electron chi connectivity index (χ1n) is 7.45. The third kappa shape index (κ3) is 4.30. The third-order valence-electron chi connectivity index (χ3n) is 3.47. The van der Waals surface area contributed by atoms with Crippen molar-refractivity contribution in [2.24, 2.45) is 0 Å². The lowest BCUT2D eigenvalue weighted by Gasteiger charge is -2.42. The molecule has 0 aromatic heterocycles.